The lowest BCUT2D eigenvalue weighted by Gasteiger charge is -2.36. The van der Waals surface area contributed by atoms with Gasteiger partial charge in [0.15, 0.2) is 6.04 Å². The summed E-state index contributed by atoms with van der Waals surface area (Å²) in [4.78, 5) is 27.6. The van der Waals surface area contributed by atoms with Crippen LogP contribution in [0.5, 0.6) is 0 Å². The topological polar surface area (TPSA) is 65.9 Å². The number of hydrogen-bond donors (Lipinski definition) is 3. The smallest absolute Gasteiger partial charge is 0.322 e. The van der Waals surface area contributed by atoms with Gasteiger partial charge in [-0.05, 0) is 39.8 Å². The van der Waals surface area contributed by atoms with E-state index in [4.69, 9.17) is 11.6 Å². The zero-order valence-electron chi connectivity index (χ0n) is 15.4. The first-order valence-corrected chi connectivity index (χ1v) is 9.02. The average molecular weight is 368 g/mol. The van der Waals surface area contributed by atoms with Gasteiger partial charge in [-0.25, -0.2) is 4.79 Å². The Bertz CT molecular complexity index is 622. The number of carbonyl (C=O) groups excluding carboxylic acids is 2. The molecule has 1 atom stereocenters. The predicted octanol–water partition coefficient (Wildman–Crippen LogP) is 1.06. The maximum absolute atomic E-state index is 12.3. The minimum absolute atomic E-state index is 0.247. The van der Waals surface area contributed by atoms with Crippen molar-refractivity contribution in [3.8, 4) is 0 Å². The second kappa shape index (κ2) is 8.06. The molecule has 1 aliphatic heterocycles. The minimum atomic E-state index is -0.446. The molecule has 2 rings (SSSR count). The number of anilines is 1. The van der Waals surface area contributed by atoms with Crippen LogP contribution in [-0.4, -0.2) is 49.7 Å². The molecule has 1 heterocycles. The van der Waals surface area contributed by atoms with Crippen molar-refractivity contribution in [1.29, 1.82) is 0 Å². The fourth-order valence-electron chi connectivity index (χ4n) is 2.95. The molecule has 3 amide bonds. The van der Waals surface area contributed by atoms with E-state index < -0.39 is 6.03 Å². The maximum atomic E-state index is 12.3. The number of piperazine rings is 1. The van der Waals surface area contributed by atoms with Crippen LogP contribution in [0.25, 0.3) is 0 Å². The first-order chi connectivity index (χ1) is 11.7. The van der Waals surface area contributed by atoms with Crippen molar-refractivity contribution in [3.63, 3.8) is 0 Å². The zero-order valence-corrected chi connectivity index (χ0v) is 16.1. The number of nitrogens with one attached hydrogen (secondary N) is 3. The molecule has 0 radical (unpaired) electrons. The van der Waals surface area contributed by atoms with E-state index in [0.717, 1.165) is 36.9 Å². The molecule has 1 aliphatic rings. The average Bonchev–Trinajstić information content (AvgIpc) is 2.53. The van der Waals surface area contributed by atoms with E-state index in [9.17, 15) is 9.59 Å². The molecule has 7 heteroatoms. The number of urea groups is 1. The van der Waals surface area contributed by atoms with Gasteiger partial charge in [0.2, 0.25) is 0 Å². The van der Waals surface area contributed by atoms with Crippen molar-refractivity contribution in [1.82, 2.24) is 10.6 Å². The van der Waals surface area contributed by atoms with Crippen LogP contribution in [0, 0.1) is 0 Å². The number of benzene rings is 1. The molecule has 138 valence electrons. The molecular weight excluding hydrogens is 340 g/mol. The van der Waals surface area contributed by atoms with E-state index in [1.54, 1.807) is 0 Å². The van der Waals surface area contributed by atoms with Crippen molar-refractivity contribution in [3.05, 3.63) is 29.3 Å². The Morgan fingerprint density at radius 1 is 1.20 bits per heavy atom. The Hall–Kier alpha value is -1.79. The highest BCUT2D eigenvalue weighted by molar-refractivity contribution is 6.33. The second-order valence-electron chi connectivity index (χ2n) is 7.51. The van der Waals surface area contributed by atoms with Gasteiger partial charge in [-0.3, -0.25) is 10.1 Å². The molecule has 0 saturated carbocycles. The summed E-state index contributed by atoms with van der Waals surface area (Å²) in [7, 11) is 0. The highest BCUT2D eigenvalue weighted by Gasteiger charge is 2.31. The molecule has 0 aliphatic carbocycles. The molecule has 1 aromatic carbocycles. The highest BCUT2D eigenvalue weighted by atomic mass is 35.5. The van der Waals surface area contributed by atoms with Gasteiger partial charge >= 0.3 is 6.03 Å². The van der Waals surface area contributed by atoms with Crippen LogP contribution in [0.1, 0.15) is 27.7 Å². The molecule has 0 aromatic heterocycles. The molecule has 0 unspecified atom stereocenters. The van der Waals surface area contributed by atoms with Crippen LogP contribution in [0.15, 0.2) is 24.3 Å². The normalized spacial score (nSPS) is 17.1. The summed E-state index contributed by atoms with van der Waals surface area (Å²) in [5.74, 6) is -0.247. The molecule has 1 fully saturated rings. The van der Waals surface area contributed by atoms with Crippen LogP contribution in [0.2, 0.25) is 5.02 Å². The Balaban J connectivity index is 1.86. The Morgan fingerprint density at radius 2 is 1.80 bits per heavy atom. The van der Waals surface area contributed by atoms with Crippen LogP contribution in [0.3, 0.4) is 0 Å². The predicted molar refractivity (Wildman–Crippen MR) is 100 cm³/mol. The lowest BCUT2D eigenvalue weighted by atomic mass is 10.1. The highest BCUT2D eigenvalue weighted by Crippen LogP contribution is 2.24. The summed E-state index contributed by atoms with van der Waals surface area (Å²) in [6.45, 7) is 10.8. The number of imide groups is 1. The SMILES string of the molecule is C[C@H](C(=O)NC(=O)NC(C)(C)C)[NH+]1CCN(c2ccccc2Cl)CC1. The molecule has 6 nitrogen and oxygen atoms in total. The number of para-hydroxylation sites is 1. The molecule has 3 N–H and O–H groups in total. The van der Waals surface area contributed by atoms with E-state index in [0.29, 0.717) is 0 Å². The van der Waals surface area contributed by atoms with Gasteiger partial charge in [-0.15, -0.1) is 0 Å². The van der Waals surface area contributed by atoms with Gasteiger partial charge in [0.05, 0.1) is 36.9 Å². The zero-order chi connectivity index (χ0) is 18.6. The first-order valence-electron chi connectivity index (χ1n) is 8.64. The van der Waals surface area contributed by atoms with Crippen LogP contribution in [0.4, 0.5) is 10.5 Å². The van der Waals surface area contributed by atoms with Crippen molar-refractivity contribution >= 4 is 29.2 Å². The van der Waals surface area contributed by atoms with Crippen LogP contribution in [-0.2, 0) is 4.79 Å². The van der Waals surface area contributed by atoms with Gasteiger partial charge in [0.1, 0.15) is 0 Å². The third-order valence-electron chi connectivity index (χ3n) is 4.33. The lowest BCUT2D eigenvalue weighted by molar-refractivity contribution is -0.914. The summed E-state index contributed by atoms with van der Waals surface area (Å²) in [5.41, 5.74) is 0.658. The molecule has 0 spiro atoms. The van der Waals surface area contributed by atoms with E-state index in [2.05, 4.69) is 15.5 Å². The summed E-state index contributed by atoms with van der Waals surface area (Å²) in [6, 6.07) is 7.07. The van der Waals surface area contributed by atoms with E-state index in [-0.39, 0.29) is 17.5 Å². The summed E-state index contributed by atoms with van der Waals surface area (Å²) < 4.78 is 0. The standard InChI is InChI=1S/C18H27ClN4O2/c1-13(16(24)20-17(25)21-18(2,3)4)22-9-11-23(12-10-22)15-8-6-5-7-14(15)19/h5-8,13H,9-12H2,1-4H3,(H2,20,21,24,25)/p+1/t13-/m1/s1. The van der Waals surface area contributed by atoms with Gasteiger partial charge in [0.25, 0.3) is 5.91 Å². The number of carbonyl (C=O) groups is 2. The number of nitrogens with zero attached hydrogens (tertiary/aromatic N) is 1. The molecule has 1 saturated heterocycles. The third-order valence-corrected chi connectivity index (χ3v) is 4.65. The molecular formula is C18H28ClN4O2+. The number of amides is 3. The van der Waals surface area contributed by atoms with Crippen molar-refractivity contribution in [2.45, 2.75) is 39.3 Å². The largest absolute Gasteiger partial charge is 0.359 e. The number of rotatable bonds is 3. The van der Waals surface area contributed by atoms with Crippen molar-refractivity contribution in [2.75, 3.05) is 31.1 Å². The molecule has 1 aromatic rings. The van der Waals surface area contributed by atoms with Gasteiger partial charge < -0.3 is 15.1 Å². The van der Waals surface area contributed by atoms with Crippen LogP contribution < -0.4 is 20.4 Å². The molecule has 25 heavy (non-hydrogen) atoms. The van der Waals surface area contributed by atoms with Crippen LogP contribution >= 0.6 is 11.6 Å². The quantitative estimate of drug-likeness (QED) is 0.748. The van der Waals surface area contributed by atoms with Gasteiger partial charge in [-0.1, -0.05) is 23.7 Å². The first kappa shape index (κ1) is 19.5. The third kappa shape index (κ3) is 5.61. The van der Waals surface area contributed by atoms with E-state index in [1.165, 1.54) is 4.90 Å². The number of quaternary nitrogens is 1. The summed E-state index contributed by atoms with van der Waals surface area (Å²) in [5, 5.41) is 5.93. The maximum Gasteiger partial charge on any atom is 0.322 e. The summed E-state index contributed by atoms with van der Waals surface area (Å²) in [6.07, 6.45) is 0. The van der Waals surface area contributed by atoms with Gasteiger partial charge in [0, 0.05) is 5.54 Å². The fourth-order valence-corrected chi connectivity index (χ4v) is 3.21. The lowest BCUT2D eigenvalue weighted by Crippen LogP contribution is -3.19. The Kier molecular flexibility index (Phi) is 6.30. The summed E-state index contributed by atoms with van der Waals surface area (Å²) >= 11 is 6.26. The van der Waals surface area contributed by atoms with Crippen molar-refractivity contribution < 1.29 is 14.5 Å². The number of halogens is 1. The number of hydrogen-bond acceptors (Lipinski definition) is 3. The Morgan fingerprint density at radius 3 is 2.36 bits per heavy atom. The minimum Gasteiger partial charge on any atom is -0.359 e. The molecule has 0 bridgehead atoms. The monoisotopic (exact) mass is 367 g/mol. The Labute approximate surface area is 154 Å². The van der Waals surface area contributed by atoms with Gasteiger partial charge in [-0.2, -0.15) is 0 Å². The van der Waals surface area contributed by atoms with E-state index in [1.807, 2.05) is 52.0 Å². The van der Waals surface area contributed by atoms with E-state index >= 15 is 0 Å². The fraction of sp³-hybridized carbons (Fsp3) is 0.556. The van der Waals surface area contributed by atoms with Crippen molar-refractivity contribution in [2.24, 2.45) is 0 Å². The second-order valence-corrected chi connectivity index (χ2v) is 7.92.